The Labute approximate surface area is 121 Å². The van der Waals surface area contributed by atoms with E-state index in [1.54, 1.807) is 18.2 Å². The number of benzene rings is 2. The molecule has 0 saturated heterocycles. The van der Waals surface area contributed by atoms with Crippen molar-refractivity contribution in [3.63, 3.8) is 0 Å². The fourth-order valence-corrected chi connectivity index (χ4v) is 1.84. The Morgan fingerprint density at radius 1 is 1.14 bits per heavy atom. The molecule has 6 heteroatoms. The van der Waals surface area contributed by atoms with Gasteiger partial charge in [-0.25, -0.2) is 0 Å². The number of rotatable bonds is 5. The molecule has 0 aliphatic rings. The van der Waals surface area contributed by atoms with E-state index in [1.807, 2.05) is 25.1 Å². The van der Waals surface area contributed by atoms with Crippen molar-refractivity contribution in [2.45, 2.75) is 6.92 Å². The fourth-order valence-electron chi connectivity index (χ4n) is 1.84. The van der Waals surface area contributed by atoms with Crippen molar-refractivity contribution in [2.24, 2.45) is 0 Å². The smallest absolute Gasteiger partial charge is 0.271 e. The van der Waals surface area contributed by atoms with Crippen LogP contribution >= 0.6 is 0 Å². The average Bonchev–Trinajstić information content (AvgIpc) is 2.45. The third-order valence-corrected chi connectivity index (χ3v) is 2.81. The molecular weight excluding hydrogens is 270 g/mol. The second-order valence-corrected chi connectivity index (χ2v) is 4.58. The van der Waals surface area contributed by atoms with Crippen LogP contribution in [-0.2, 0) is 4.79 Å². The van der Waals surface area contributed by atoms with Gasteiger partial charge in [-0.15, -0.1) is 0 Å². The lowest BCUT2D eigenvalue weighted by atomic mass is 10.2. The van der Waals surface area contributed by atoms with Crippen LogP contribution in [0.15, 0.2) is 48.5 Å². The van der Waals surface area contributed by atoms with E-state index in [0.29, 0.717) is 5.69 Å². The summed E-state index contributed by atoms with van der Waals surface area (Å²) in [6, 6.07) is 13.5. The summed E-state index contributed by atoms with van der Waals surface area (Å²) in [7, 11) is 0. The van der Waals surface area contributed by atoms with E-state index in [4.69, 9.17) is 0 Å². The molecule has 0 aliphatic heterocycles. The lowest BCUT2D eigenvalue weighted by Crippen LogP contribution is -2.21. The Bertz CT molecular complexity index is 671. The quantitative estimate of drug-likeness (QED) is 0.653. The van der Waals surface area contributed by atoms with Crippen LogP contribution in [0.4, 0.5) is 17.1 Å². The summed E-state index contributed by atoms with van der Waals surface area (Å²) in [4.78, 5) is 22.0. The van der Waals surface area contributed by atoms with Crippen molar-refractivity contribution >= 4 is 23.0 Å². The predicted octanol–water partition coefficient (Wildman–Crippen LogP) is 2.95. The van der Waals surface area contributed by atoms with E-state index in [9.17, 15) is 14.9 Å². The summed E-state index contributed by atoms with van der Waals surface area (Å²) in [6.45, 7) is 1.98. The maximum Gasteiger partial charge on any atom is 0.271 e. The zero-order valence-corrected chi connectivity index (χ0v) is 11.5. The summed E-state index contributed by atoms with van der Waals surface area (Å²) >= 11 is 0. The molecule has 0 spiro atoms. The molecular formula is C15H15N3O3. The summed E-state index contributed by atoms with van der Waals surface area (Å²) in [5, 5.41) is 16.3. The Morgan fingerprint density at radius 3 is 2.57 bits per heavy atom. The minimum Gasteiger partial charge on any atom is -0.376 e. The molecule has 0 bridgehead atoms. The summed E-state index contributed by atoms with van der Waals surface area (Å²) in [5.41, 5.74) is 2.29. The molecule has 2 aromatic rings. The monoisotopic (exact) mass is 285 g/mol. The minimum absolute atomic E-state index is 0.0147. The van der Waals surface area contributed by atoms with Gasteiger partial charge >= 0.3 is 0 Å². The number of hydrogen-bond donors (Lipinski definition) is 2. The lowest BCUT2D eigenvalue weighted by Gasteiger charge is -2.08. The molecule has 0 heterocycles. The highest BCUT2D eigenvalue weighted by Gasteiger charge is 2.07. The van der Waals surface area contributed by atoms with Crippen molar-refractivity contribution in [3.05, 3.63) is 64.2 Å². The highest BCUT2D eigenvalue weighted by molar-refractivity contribution is 5.93. The molecule has 2 aromatic carbocycles. The van der Waals surface area contributed by atoms with Gasteiger partial charge in [0.05, 0.1) is 11.5 Å². The number of nitro groups is 1. The molecule has 2 rings (SSSR count). The number of nitrogens with zero attached hydrogens (tertiary/aromatic N) is 1. The van der Waals surface area contributed by atoms with Gasteiger partial charge in [0, 0.05) is 23.5 Å². The van der Waals surface area contributed by atoms with Gasteiger partial charge in [-0.1, -0.05) is 18.2 Å². The zero-order valence-electron chi connectivity index (χ0n) is 11.5. The molecule has 0 aliphatic carbocycles. The van der Waals surface area contributed by atoms with E-state index in [2.05, 4.69) is 10.6 Å². The van der Waals surface area contributed by atoms with Crippen LogP contribution in [-0.4, -0.2) is 17.4 Å². The van der Waals surface area contributed by atoms with Gasteiger partial charge in [-0.3, -0.25) is 14.9 Å². The first-order valence-corrected chi connectivity index (χ1v) is 6.39. The molecule has 0 unspecified atom stereocenters. The van der Waals surface area contributed by atoms with E-state index in [0.717, 1.165) is 11.3 Å². The van der Waals surface area contributed by atoms with E-state index in [-0.39, 0.29) is 18.1 Å². The number of nitrogens with one attached hydrogen (secondary N) is 2. The number of amides is 1. The summed E-state index contributed by atoms with van der Waals surface area (Å²) < 4.78 is 0. The van der Waals surface area contributed by atoms with E-state index in [1.165, 1.54) is 12.1 Å². The van der Waals surface area contributed by atoms with Crippen LogP contribution in [0.3, 0.4) is 0 Å². The van der Waals surface area contributed by atoms with Crippen molar-refractivity contribution in [1.29, 1.82) is 0 Å². The number of non-ortho nitro benzene ring substituents is 1. The van der Waals surface area contributed by atoms with E-state index < -0.39 is 4.92 Å². The molecule has 0 radical (unpaired) electrons. The third-order valence-electron chi connectivity index (χ3n) is 2.81. The lowest BCUT2D eigenvalue weighted by molar-refractivity contribution is -0.384. The molecule has 6 nitrogen and oxygen atoms in total. The fraction of sp³-hybridized carbons (Fsp3) is 0.133. The van der Waals surface area contributed by atoms with Crippen molar-refractivity contribution in [1.82, 2.24) is 0 Å². The van der Waals surface area contributed by atoms with Crippen LogP contribution < -0.4 is 10.6 Å². The van der Waals surface area contributed by atoms with Gasteiger partial charge in [0.2, 0.25) is 5.91 Å². The van der Waals surface area contributed by atoms with Gasteiger partial charge in [0.25, 0.3) is 5.69 Å². The second-order valence-electron chi connectivity index (χ2n) is 4.58. The number of hydrogen-bond acceptors (Lipinski definition) is 4. The highest BCUT2D eigenvalue weighted by atomic mass is 16.6. The van der Waals surface area contributed by atoms with Crippen molar-refractivity contribution in [2.75, 3.05) is 17.2 Å². The maximum atomic E-state index is 11.8. The van der Waals surface area contributed by atoms with Crippen LogP contribution in [0.1, 0.15) is 5.56 Å². The highest BCUT2D eigenvalue weighted by Crippen LogP contribution is 2.16. The molecule has 1 amide bonds. The van der Waals surface area contributed by atoms with Crippen molar-refractivity contribution in [3.8, 4) is 0 Å². The molecule has 2 N–H and O–H groups in total. The number of carbonyl (C=O) groups is 1. The van der Waals surface area contributed by atoms with Gasteiger partial charge in [-0.2, -0.15) is 0 Å². The average molecular weight is 285 g/mol. The number of nitro benzene ring substituents is 1. The van der Waals surface area contributed by atoms with Gasteiger partial charge in [-0.05, 0) is 30.7 Å². The van der Waals surface area contributed by atoms with Crippen LogP contribution in [0.2, 0.25) is 0 Å². The van der Waals surface area contributed by atoms with Gasteiger partial charge in [0.15, 0.2) is 0 Å². The van der Waals surface area contributed by atoms with Crippen molar-refractivity contribution < 1.29 is 9.72 Å². The topological polar surface area (TPSA) is 84.3 Å². The molecule has 0 atom stereocenters. The first-order valence-electron chi connectivity index (χ1n) is 6.39. The van der Waals surface area contributed by atoms with Gasteiger partial charge in [0.1, 0.15) is 0 Å². The summed E-state index contributed by atoms with van der Waals surface area (Å²) in [5.74, 6) is -0.216. The maximum absolute atomic E-state index is 11.8. The summed E-state index contributed by atoms with van der Waals surface area (Å²) in [6.07, 6.45) is 0. The normalized spacial score (nSPS) is 9.95. The molecule has 21 heavy (non-hydrogen) atoms. The molecule has 0 fully saturated rings. The van der Waals surface area contributed by atoms with Crippen LogP contribution in [0.25, 0.3) is 0 Å². The number of anilines is 2. The second kappa shape index (κ2) is 6.51. The van der Waals surface area contributed by atoms with Crippen LogP contribution in [0, 0.1) is 17.0 Å². The standard InChI is InChI=1S/C15H15N3O3/c1-11-4-2-6-13(8-11)17-15(19)10-16-12-5-3-7-14(9-12)18(20)21/h2-9,16H,10H2,1H3,(H,17,19). The Balaban J connectivity index is 1.92. The SMILES string of the molecule is Cc1cccc(NC(=O)CNc2cccc([N+](=O)[O-])c2)c1. The van der Waals surface area contributed by atoms with E-state index >= 15 is 0 Å². The molecule has 0 aromatic heterocycles. The Hall–Kier alpha value is -2.89. The first-order chi connectivity index (χ1) is 10.0. The third kappa shape index (κ3) is 4.31. The molecule has 0 saturated carbocycles. The van der Waals surface area contributed by atoms with Crippen LogP contribution in [0.5, 0.6) is 0 Å². The number of aryl methyl sites for hydroxylation is 1. The zero-order chi connectivity index (χ0) is 15.2. The molecule has 108 valence electrons. The Kier molecular flexibility index (Phi) is 4.50. The Morgan fingerprint density at radius 2 is 1.86 bits per heavy atom. The first kappa shape index (κ1) is 14.5. The number of carbonyl (C=O) groups excluding carboxylic acids is 1. The van der Waals surface area contributed by atoms with Gasteiger partial charge < -0.3 is 10.6 Å². The largest absolute Gasteiger partial charge is 0.376 e. The predicted molar refractivity (Wildman–Crippen MR) is 81.4 cm³/mol. The minimum atomic E-state index is -0.474.